The van der Waals surface area contributed by atoms with Gasteiger partial charge in [0, 0.05) is 13.1 Å². The highest BCUT2D eigenvalue weighted by atomic mass is 32.2. The summed E-state index contributed by atoms with van der Waals surface area (Å²) in [5.74, 6) is -0.00653. The Morgan fingerprint density at radius 1 is 1.33 bits per heavy atom. The van der Waals surface area contributed by atoms with E-state index in [1.807, 2.05) is 0 Å². The highest BCUT2D eigenvalue weighted by molar-refractivity contribution is 7.89. The van der Waals surface area contributed by atoms with Gasteiger partial charge in [-0.15, -0.1) is 0 Å². The van der Waals surface area contributed by atoms with Gasteiger partial charge in [0.1, 0.15) is 4.90 Å². The molecule has 0 aromatic heterocycles. The molecule has 1 aromatic carbocycles. The number of hydrogen-bond acceptors (Lipinski definition) is 5. The molecule has 1 aliphatic rings. The molecule has 0 spiro atoms. The average molecular weight is 312 g/mol. The largest absolute Gasteiger partial charge is 0.465 e. The van der Waals surface area contributed by atoms with Crippen LogP contribution in [0.5, 0.6) is 0 Å². The van der Waals surface area contributed by atoms with E-state index in [4.69, 9.17) is 5.73 Å². The van der Waals surface area contributed by atoms with Gasteiger partial charge < -0.3 is 10.5 Å². The van der Waals surface area contributed by atoms with Crippen molar-refractivity contribution in [2.24, 2.45) is 5.92 Å². The first-order chi connectivity index (χ1) is 9.86. The Morgan fingerprint density at radius 3 is 2.48 bits per heavy atom. The zero-order chi connectivity index (χ0) is 15.6. The fraction of sp³-hybridized carbons (Fsp3) is 0.500. The van der Waals surface area contributed by atoms with Crippen molar-refractivity contribution >= 4 is 21.7 Å². The molecule has 0 atom stereocenters. The molecule has 2 rings (SSSR count). The molecule has 7 heteroatoms. The number of nitrogen functional groups attached to an aromatic ring is 1. The van der Waals surface area contributed by atoms with Gasteiger partial charge in [-0.05, 0) is 37.0 Å². The predicted octanol–water partition coefficient (Wildman–Crippen LogP) is 1.48. The summed E-state index contributed by atoms with van der Waals surface area (Å²) in [6, 6.07) is 4.13. The van der Waals surface area contributed by atoms with Crippen LogP contribution in [0.3, 0.4) is 0 Å². The number of anilines is 1. The van der Waals surface area contributed by atoms with Crippen molar-refractivity contribution in [2.45, 2.75) is 24.7 Å². The molecule has 0 aliphatic carbocycles. The number of hydrogen-bond donors (Lipinski definition) is 1. The van der Waals surface area contributed by atoms with Crippen molar-refractivity contribution in [3.63, 3.8) is 0 Å². The fourth-order valence-electron chi connectivity index (χ4n) is 2.39. The number of nitrogens with zero attached hydrogens (tertiary/aromatic N) is 1. The van der Waals surface area contributed by atoms with Crippen molar-refractivity contribution in [1.29, 1.82) is 0 Å². The molecule has 6 nitrogen and oxygen atoms in total. The molecule has 21 heavy (non-hydrogen) atoms. The highest BCUT2D eigenvalue weighted by Crippen LogP contribution is 2.27. The van der Waals surface area contributed by atoms with Crippen LogP contribution < -0.4 is 5.73 Å². The van der Waals surface area contributed by atoms with Gasteiger partial charge in [0.05, 0.1) is 18.4 Å². The second-order valence-electron chi connectivity index (χ2n) is 5.33. The average Bonchev–Trinajstić information content (AvgIpc) is 2.46. The van der Waals surface area contributed by atoms with E-state index in [1.165, 1.54) is 29.6 Å². The van der Waals surface area contributed by atoms with E-state index in [0.29, 0.717) is 19.0 Å². The molecule has 1 heterocycles. The van der Waals surface area contributed by atoms with E-state index in [0.717, 1.165) is 12.8 Å². The van der Waals surface area contributed by atoms with Crippen LogP contribution in [-0.4, -0.2) is 38.9 Å². The van der Waals surface area contributed by atoms with Crippen LogP contribution in [0.1, 0.15) is 30.1 Å². The molecular formula is C14H20N2O4S. The summed E-state index contributed by atoms with van der Waals surface area (Å²) in [4.78, 5) is 11.5. The first kappa shape index (κ1) is 15.8. The van der Waals surface area contributed by atoms with Crippen molar-refractivity contribution in [1.82, 2.24) is 4.31 Å². The summed E-state index contributed by atoms with van der Waals surface area (Å²) in [6.45, 7) is 3.12. The monoisotopic (exact) mass is 312 g/mol. The Morgan fingerprint density at radius 2 is 1.95 bits per heavy atom. The summed E-state index contributed by atoms with van der Waals surface area (Å²) < 4.78 is 31.2. The van der Waals surface area contributed by atoms with Crippen LogP contribution in [0.4, 0.5) is 5.69 Å². The normalized spacial score (nSPS) is 17.6. The minimum absolute atomic E-state index is 0.0460. The second kappa shape index (κ2) is 6.03. The number of ether oxygens (including phenoxy) is 1. The van der Waals surface area contributed by atoms with E-state index in [-0.39, 0.29) is 16.1 Å². The van der Waals surface area contributed by atoms with Crippen molar-refractivity contribution in [3.8, 4) is 0 Å². The first-order valence-corrected chi connectivity index (χ1v) is 8.28. The van der Waals surface area contributed by atoms with Crippen LogP contribution in [0.25, 0.3) is 0 Å². The molecule has 1 fully saturated rings. The third-order valence-corrected chi connectivity index (χ3v) is 5.76. The van der Waals surface area contributed by atoms with E-state index >= 15 is 0 Å². The lowest BCUT2D eigenvalue weighted by atomic mass is 10.0. The molecular weight excluding hydrogens is 292 g/mol. The number of carbonyl (C=O) groups excluding carboxylic acids is 1. The lowest BCUT2D eigenvalue weighted by molar-refractivity contribution is 0.0600. The standard InChI is InChI=1S/C14H20N2O4S/c1-10-5-7-16(8-6-10)21(18,19)13-4-3-11(9-12(13)15)14(17)20-2/h3-4,9-10H,5-8,15H2,1-2H3. The SMILES string of the molecule is COC(=O)c1ccc(S(=O)(=O)N2CCC(C)CC2)c(N)c1. The minimum Gasteiger partial charge on any atom is -0.465 e. The van der Waals surface area contributed by atoms with E-state index < -0.39 is 16.0 Å². The van der Waals surface area contributed by atoms with Gasteiger partial charge in [-0.25, -0.2) is 13.2 Å². The third kappa shape index (κ3) is 3.19. The van der Waals surface area contributed by atoms with Gasteiger partial charge in [0.25, 0.3) is 0 Å². The minimum atomic E-state index is -3.61. The van der Waals surface area contributed by atoms with Gasteiger partial charge in [-0.2, -0.15) is 4.31 Å². The van der Waals surface area contributed by atoms with Crippen LogP contribution in [-0.2, 0) is 14.8 Å². The summed E-state index contributed by atoms with van der Waals surface area (Å²) in [6.07, 6.45) is 1.69. The predicted molar refractivity (Wildman–Crippen MR) is 79.4 cm³/mol. The van der Waals surface area contributed by atoms with Gasteiger partial charge in [0.2, 0.25) is 10.0 Å². The summed E-state index contributed by atoms with van der Waals surface area (Å²) >= 11 is 0. The number of piperidine rings is 1. The number of sulfonamides is 1. The molecule has 0 bridgehead atoms. The maximum atomic E-state index is 12.6. The zero-order valence-electron chi connectivity index (χ0n) is 12.2. The zero-order valence-corrected chi connectivity index (χ0v) is 13.0. The lowest BCUT2D eigenvalue weighted by Gasteiger charge is -2.29. The van der Waals surface area contributed by atoms with Crippen molar-refractivity contribution in [2.75, 3.05) is 25.9 Å². The molecule has 0 unspecified atom stereocenters. The molecule has 1 aromatic rings. The number of nitrogens with two attached hydrogens (primary N) is 1. The number of carbonyl (C=O) groups is 1. The Bertz CT molecular complexity index is 634. The van der Waals surface area contributed by atoms with Gasteiger partial charge >= 0.3 is 5.97 Å². The number of rotatable bonds is 3. The summed E-state index contributed by atoms with van der Waals surface area (Å²) in [5, 5.41) is 0. The topological polar surface area (TPSA) is 89.7 Å². The van der Waals surface area contributed by atoms with E-state index in [9.17, 15) is 13.2 Å². The fourth-order valence-corrected chi connectivity index (χ4v) is 3.96. The van der Waals surface area contributed by atoms with E-state index in [2.05, 4.69) is 11.7 Å². The molecule has 0 saturated carbocycles. The Kier molecular flexibility index (Phi) is 4.53. The van der Waals surface area contributed by atoms with Crippen LogP contribution in [0.2, 0.25) is 0 Å². The maximum absolute atomic E-state index is 12.6. The number of methoxy groups -OCH3 is 1. The number of esters is 1. The second-order valence-corrected chi connectivity index (χ2v) is 7.24. The smallest absolute Gasteiger partial charge is 0.337 e. The molecule has 0 amide bonds. The summed E-state index contributed by atoms with van der Waals surface area (Å²) in [5.41, 5.74) is 6.12. The molecule has 1 aliphatic heterocycles. The third-order valence-electron chi connectivity index (χ3n) is 3.79. The van der Waals surface area contributed by atoms with Crippen molar-refractivity contribution in [3.05, 3.63) is 23.8 Å². The van der Waals surface area contributed by atoms with Gasteiger partial charge in [0.15, 0.2) is 0 Å². The van der Waals surface area contributed by atoms with E-state index in [1.54, 1.807) is 0 Å². The summed E-state index contributed by atoms with van der Waals surface area (Å²) in [7, 11) is -2.35. The Labute approximate surface area is 124 Å². The maximum Gasteiger partial charge on any atom is 0.337 e. The number of benzene rings is 1. The van der Waals surface area contributed by atoms with Crippen LogP contribution in [0, 0.1) is 5.92 Å². The first-order valence-electron chi connectivity index (χ1n) is 6.84. The molecule has 1 saturated heterocycles. The van der Waals surface area contributed by atoms with Crippen molar-refractivity contribution < 1.29 is 17.9 Å². The van der Waals surface area contributed by atoms with Crippen LogP contribution >= 0.6 is 0 Å². The van der Waals surface area contributed by atoms with Gasteiger partial charge in [-0.1, -0.05) is 6.92 Å². The molecule has 0 radical (unpaired) electrons. The lowest BCUT2D eigenvalue weighted by Crippen LogP contribution is -2.38. The quantitative estimate of drug-likeness (QED) is 0.674. The molecule has 116 valence electrons. The Hall–Kier alpha value is -1.60. The van der Waals surface area contributed by atoms with Crippen LogP contribution in [0.15, 0.2) is 23.1 Å². The molecule has 2 N–H and O–H groups in total. The van der Waals surface area contributed by atoms with Gasteiger partial charge in [-0.3, -0.25) is 0 Å². The Balaban J connectivity index is 2.30. The highest BCUT2D eigenvalue weighted by Gasteiger charge is 2.29.